The van der Waals surface area contributed by atoms with Crippen LogP contribution in [-0.2, 0) is 7.05 Å². The van der Waals surface area contributed by atoms with Gasteiger partial charge in [0.2, 0.25) is 0 Å². The van der Waals surface area contributed by atoms with Crippen molar-refractivity contribution in [2.24, 2.45) is 7.05 Å². The lowest BCUT2D eigenvalue weighted by Crippen LogP contribution is -2.25. The lowest BCUT2D eigenvalue weighted by atomic mass is 10.0. The van der Waals surface area contributed by atoms with Crippen LogP contribution in [0.15, 0.2) is 48.8 Å². The fourth-order valence-electron chi connectivity index (χ4n) is 4.37. The number of hydrogen-bond acceptors (Lipinski definition) is 2. The number of anilines is 1. The molecule has 188 valence electrons. The van der Waals surface area contributed by atoms with E-state index in [-0.39, 0.29) is 0 Å². The van der Waals surface area contributed by atoms with Gasteiger partial charge < -0.3 is 4.90 Å². The third kappa shape index (κ3) is 13.2. The Morgan fingerprint density at radius 2 is 1.03 bits per heavy atom. The normalized spacial score (nSPS) is 11.4. The predicted octanol–water partition coefficient (Wildman–Crippen LogP) is 8.51. The Bertz CT molecular complexity index is 767. The van der Waals surface area contributed by atoms with Gasteiger partial charge in [0.15, 0.2) is 12.4 Å². The highest BCUT2D eigenvalue weighted by atomic mass is 32.1. The molecular weight excluding hydrogens is 432 g/mol. The zero-order valence-electron chi connectivity index (χ0n) is 21.9. The molecule has 0 aliphatic rings. The highest BCUT2D eigenvalue weighted by Crippen LogP contribution is 2.17. The molecule has 2 nitrogen and oxygen atoms in total. The average Bonchev–Trinajstić information content (AvgIpc) is 2.86. The predicted molar refractivity (Wildman–Crippen MR) is 155 cm³/mol. The van der Waals surface area contributed by atoms with Crippen LogP contribution in [-0.4, -0.2) is 19.3 Å². The number of benzene rings is 1. The van der Waals surface area contributed by atoms with Gasteiger partial charge in [-0.2, -0.15) is 12.6 Å². The van der Waals surface area contributed by atoms with Gasteiger partial charge in [0, 0.05) is 31.4 Å². The first-order chi connectivity index (χ1) is 16.7. The van der Waals surface area contributed by atoms with Gasteiger partial charge in [-0.3, -0.25) is 0 Å². The molecule has 0 radical (unpaired) electrons. The Balaban J connectivity index is 1.46. The lowest BCUT2D eigenvalue weighted by Gasteiger charge is -2.19. The summed E-state index contributed by atoms with van der Waals surface area (Å²) in [7, 11) is 4.26. The second kappa shape index (κ2) is 18.6. The molecule has 0 saturated carbocycles. The van der Waals surface area contributed by atoms with Crippen molar-refractivity contribution in [2.45, 2.75) is 89.9 Å². The van der Waals surface area contributed by atoms with Crippen LogP contribution in [0.4, 0.5) is 5.69 Å². The zero-order valence-corrected chi connectivity index (χ0v) is 22.8. The van der Waals surface area contributed by atoms with Crippen LogP contribution in [0, 0.1) is 0 Å². The minimum absolute atomic E-state index is 1.05. The van der Waals surface area contributed by atoms with E-state index in [1.807, 2.05) is 7.05 Å². The van der Waals surface area contributed by atoms with Gasteiger partial charge in [-0.1, -0.05) is 101 Å². The SMILES string of the molecule is CN(CCCCCCCCCCCCCCCCS)c1ccc(/C=C/c2cc[n+](C)cc2)cc1. The van der Waals surface area contributed by atoms with Crippen LogP contribution in [0.3, 0.4) is 0 Å². The number of aromatic nitrogens is 1. The molecule has 1 aromatic heterocycles. The van der Waals surface area contributed by atoms with E-state index in [0.29, 0.717) is 0 Å². The van der Waals surface area contributed by atoms with Crippen molar-refractivity contribution in [3.05, 3.63) is 59.9 Å². The van der Waals surface area contributed by atoms with Gasteiger partial charge in [-0.15, -0.1) is 0 Å². The second-order valence-electron chi connectivity index (χ2n) is 9.82. The van der Waals surface area contributed by atoms with Crippen molar-refractivity contribution in [1.29, 1.82) is 0 Å². The quantitative estimate of drug-likeness (QED) is 0.120. The summed E-state index contributed by atoms with van der Waals surface area (Å²) in [5.41, 5.74) is 3.78. The molecule has 0 saturated heterocycles. The molecule has 2 aromatic rings. The summed E-state index contributed by atoms with van der Waals surface area (Å²) in [6.07, 6.45) is 28.1. The number of aryl methyl sites for hydroxylation is 1. The Morgan fingerprint density at radius 3 is 1.50 bits per heavy atom. The van der Waals surface area contributed by atoms with E-state index in [1.54, 1.807) is 0 Å². The van der Waals surface area contributed by atoms with E-state index in [4.69, 9.17) is 0 Å². The number of rotatable bonds is 19. The van der Waals surface area contributed by atoms with E-state index in [9.17, 15) is 0 Å². The number of hydrogen-bond donors (Lipinski definition) is 1. The summed E-state index contributed by atoms with van der Waals surface area (Å²) in [6.45, 7) is 1.14. The maximum Gasteiger partial charge on any atom is 0.169 e. The van der Waals surface area contributed by atoms with Crippen molar-refractivity contribution in [3.63, 3.8) is 0 Å². The van der Waals surface area contributed by atoms with E-state index < -0.39 is 0 Å². The van der Waals surface area contributed by atoms with Gasteiger partial charge in [0.05, 0.1) is 0 Å². The number of unbranched alkanes of at least 4 members (excludes halogenated alkanes) is 13. The molecule has 3 heteroatoms. The van der Waals surface area contributed by atoms with Gasteiger partial charge in [-0.05, 0) is 41.9 Å². The van der Waals surface area contributed by atoms with Crippen LogP contribution in [0.1, 0.15) is 101 Å². The first-order valence-electron chi connectivity index (χ1n) is 13.7. The standard InChI is InChI=1S/C31H48N2S/c1-32-26-23-30(24-27-32)18-17-29-19-21-31(22-20-29)33(2)25-15-13-11-9-7-5-3-4-6-8-10-12-14-16-28-34/h17-24,26-27H,3-16,25,28H2,1-2H3/p+1. The Kier molecular flexibility index (Phi) is 15.6. The maximum absolute atomic E-state index is 4.28. The summed E-state index contributed by atoms with van der Waals surface area (Å²) in [6, 6.07) is 13.2. The van der Waals surface area contributed by atoms with Crippen LogP contribution in [0.25, 0.3) is 12.2 Å². The van der Waals surface area contributed by atoms with Crippen LogP contribution >= 0.6 is 12.6 Å². The molecule has 0 atom stereocenters. The van der Waals surface area contributed by atoms with E-state index in [0.717, 1.165) is 12.3 Å². The molecule has 0 spiro atoms. The highest BCUT2D eigenvalue weighted by Gasteiger charge is 2.01. The zero-order chi connectivity index (χ0) is 24.3. The van der Waals surface area contributed by atoms with Gasteiger partial charge in [0.1, 0.15) is 7.05 Å². The van der Waals surface area contributed by atoms with Crippen LogP contribution in [0.2, 0.25) is 0 Å². The molecule has 0 bridgehead atoms. The lowest BCUT2D eigenvalue weighted by molar-refractivity contribution is -0.671. The molecule has 0 aliphatic heterocycles. The number of pyridine rings is 1. The third-order valence-electron chi connectivity index (χ3n) is 6.71. The fraction of sp³-hybridized carbons (Fsp3) is 0.581. The molecule has 0 unspecified atom stereocenters. The summed E-state index contributed by atoms with van der Waals surface area (Å²) < 4.78 is 2.05. The number of nitrogens with zero attached hydrogens (tertiary/aromatic N) is 2. The molecule has 0 N–H and O–H groups in total. The van der Waals surface area contributed by atoms with Crippen molar-refractivity contribution in [2.75, 3.05) is 24.2 Å². The van der Waals surface area contributed by atoms with E-state index in [1.165, 1.54) is 107 Å². The van der Waals surface area contributed by atoms with Crippen LogP contribution in [0.5, 0.6) is 0 Å². The van der Waals surface area contributed by atoms with E-state index in [2.05, 4.69) is 90.1 Å². The third-order valence-corrected chi connectivity index (χ3v) is 7.02. The van der Waals surface area contributed by atoms with Crippen molar-refractivity contribution in [1.82, 2.24) is 0 Å². The summed E-state index contributed by atoms with van der Waals surface area (Å²) in [5, 5.41) is 0. The van der Waals surface area contributed by atoms with Crippen molar-refractivity contribution in [3.8, 4) is 0 Å². The highest BCUT2D eigenvalue weighted by molar-refractivity contribution is 7.80. The topological polar surface area (TPSA) is 7.12 Å². The molecular formula is C31H49N2S+. The van der Waals surface area contributed by atoms with Gasteiger partial charge >= 0.3 is 0 Å². The summed E-state index contributed by atoms with van der Waals surface area (Å²) >= 11 is 4.28. The Hall–Kier alpha value is -1.74. The van der Waals surface area contributed by atoms with Gasteiger partial charge in [-0.25, -0.2) is 4.57 Å². The maximum atomic E-state index is 4.28. The van der Waals surface area contributed by atoms with E-state index >= 15 is 0 Å². The first-order valence-corrected chi connectivity index (χ1v) is 14.4. The monoisotopic (exact) mass is 481 g/mol. The smallest absolute Gasteiger partial charge is 0.169 e. The molecule has 1 heterocycles. The molecule has 1 aromatic carbocycles. The van der Waals surface area contributed by atoms with Crippen LogP contribution < -0.4 is 9.47 Å². The molecule has 0 fully saturated rings. The number of thiol groups is 1. The molecule has 0 amide bonds. The summed E-state index contributed by atoms with van der Waals surface area (Å²) in [5.74, 6) is 1.05. The van der Waals surface area contributed by atoms with Gasteiger partial charge in [0.25, 0.3) is 0 Å². The van der Waals surface area contributed by atoms with Crippen molar-refractivity contribution >= 4 is 30.5 Å². The largest absolute Gasteiger partial charge is 0.375 e. The molecule has 2 rings (SSSR count). The summed E-state index contributed by atoms with van der Waals surface area (Å²) in [4.78, 5) is 2.39. The Labute approximate surface area is 215 Å². The molecule has 0 aliphatic carbocycles. The fourth-order valence-corrected chi connectivity index (χ4v) is 4.59. The minimum Gasteiger partial charge on any atom is -0.375 e. The average molecular weight is 482 g/mol. The van der Waals surface area contributed by atoms with Crippen molar-refractivity contribution < 1.29 is 4.57 Å². The molecule has 34 heavy (non-hydrogen) atoms. The minimum atomic E-state index is 1.05. The second-order valence-corrected chi connectivity index (χ2v) is 10.3. The Morgan fingerprint density at radius 1 is 0.618 bits per heavy atom. The first kappa shape index (κ1) is 28.5.